The number of halogens is 2. The lowest BCUT2D eigenvalue weighted by atomic mass is 10.2. The molecule has 0 atom stereocenters. The summed E-state index contributed by atoms with van der Waals surface area (Å²) in [6.45, 7) is 2.55. The number of carbonyl (C=O) groups is 2. The molecular formula is C25H23Cl2N3O5. The van der Waals surface area contributed by atoms with Gasteiger partial charge in [-0.2, -0.15) is 5.10 Å². The van der Waals surface area contributed by atoms with Gasteiger partial charge in [-0.3, -0.25) is 9.59 Å². The molecule has 3 rings (SSSR count). The molecule has 0 saturated heterocycles. The van der Waals surface area contributed by atoms with Crippen LogP contribution in [-0.2, 0) is 16.2 Å². The van der Waals surface area contributed by atoms with Gasteiger partial charge in [0.15, 0.2) is 11.5 Å². The molecule has 0 unspecified atom stereocenters. The third kappa shape index (κ3) is 7.37. The number of anilines is 1. The van der Waals surface area contributed by atoms with E-state index in [-0.39, 0.29) is 12.3 Å². The quantitative estimate of drug-likeness (QED) is 0.235. The Morgan fingerprint density at radius 3 is 2.46 bits per heavy atom. The fourth-order valence-electron chi connectivity index (χ4n) is 2.94. The smallest absolute Gasteiger partial charge is 0.329 e. The van der Waals surface area contributed by atoms with Gasteiger partial charge >= 0.3 is 11.8 Å². The van der Waals surface area contributed by atoms with E-state index in [0.717, 1.165) is 5.56 Å². The largest absolute Gasteiger partial charge is 0.495 e. The van der Waals surface area contributed by atoms with Gasteiger partial charge in [0.2, 0.25) is 0 Å². The van der Waals surface area contributed by atoms with E-state index in [0.29, 0.717) is 39.5 Å². The number of nitrogens with zero attached hydrogens (tertiary/aromatic N) is 1. The molecule has 3 aromatic rings. The van der Waals surface area contributed by atoms with Crippen molar-refractivity contribution in [1.82, 2.24) is 5.43 Å². The zero-order valence-electron chi connectivity index (χ0n) is 19.0. The van der Waals surface area contributed by atoms with E-state index < -0.39 is 11.8 Å². The monoisotopic (exact) mass is 515 g/mol. The number of ether oxygens (including phenoxy) is 3. The average Bonchev–Trinajstić information content (AvgIpc) is 2.84. The summed E-state index contributed by atoms with van der Waals surface area (Å²) in [6, 6.07) is 17.2. The molecule has 2 N–H and O–H groups in total. The molecule has 2 amide bonds. The second kappa shape index (κ2) is 12.6. The molecule has 0 fully saturated rings. The predicted octanol–water partition coefficient (Wildman–Crippen LogP) is 5.07. The van der Waals surface area contributed by atoms with E-state index in [9.17, 15) is 9.59 Å². The zero-order valence-corrected chi connectivity index (χ0v) is 20.5. The highest BCUT2D eigenvalue weighted by atomic mass is 35.5. The van der Waals surface area contributed by atoms with Crippen LogP contribution in [0.2, 0.25) is 10.0 Å². The van der Waals surface area contributed by atoms with Crippen LogP contribution in [0.5, 0.6) is 17.2 Å². The summed E-state index contributed by atoms with van der Waals surface area (Å²) in [4.78, 5) is 24.3. The van der Waals surface area contributed by atoms with Gasteiger partial charge in [-0.25, -0.2) is 5.43 Å². The van der Waals surface area contributed by atoms with Gasteiger partial charge in [0, 0.05) is 15.6 Å². The second-order valence-electron chi connectivity index (χ2n) is 7.02. The second-order valence-corrected chi connectivity index (χ2v) is 7.86. The van der Waals surface area contributed by atoms with Crippen molar-refractivity contribution >= 4 is 46.9 Å². The van der Waals surface area contributed by atoms with Gasteiger partial charge in [0.25, 0.3) is 0 Å². The van der Waals surface area contributed by atoms with Crippen LogP contribution in [0.25, 0.3) is 0 Å². The van der Waals surface area contributed by atoms with Gasteiger partial charge in [0.05, 0.1) is 25.6 Å². The van der Waals surface area contributed by atoms with Crippen LogP contribution in [0.15, 0.2) is 65.8 Å². The fraction of sp³-hybridized carbons (Fsp3) is 0.160. The van der Waals surface area contributed by atoms with Gasteiger partial charge in [-0.15, -0.1) is 0 Å². The molecular weight excluding hydrogens is 493 g/mol. The molecule has 0 saturated carbocycles. The molecule has 0 bridgehead atoms. The van der Waals surface area contributed by atoms with Crippen LogP contribution in [0.1, 0.15) is 18.1 Å². The predicted molar refractivity (Wildman–Crippen MR) is 136 cm³/mol. The summed E-state index contributed by atoms with van der Waals surface area (Å²) in [5, 5.41) is 7.27. The third-order valence-electron chi connectivity index (χ3n) is 4.60. The van der Waals surface area contributed by atoms with E-state index in [1.54, 1.807) is 36.4 Å². The number of methoxy groups -OCH3 is 1. The lowest BCUT2D eigenvalue weighted by Crippen LogP contribution is -2.32. The summed E-state index contributed by atoms with van der Waals surface area (Å²) in [6.07, 6.45) is 1.38. The topological polar surface area (TPSA) is 98.2 Å². The molecule has 0 spiro atoms. The van der Waals surface area contributed by atoms with Crippen LogP contribution >= 0.6 is 23.2 Å². The van der Waals surface area contributed by atoms with E-state index in [1.165, 1.54) is 19.4 Å². The number of hydrogen-bond acceptors (Lipinski definition) is 6. The molecule has 35 heavy (non-hydrogen) atoms. The Hall–Kier alpha value is -3.75. The molecule has 0 radical (unpaired) electrons. The zero-order chi connectivity index (χ0) is 25.2. The number of hydrogen-bond donors (Lipinski definition) is 2. The van der Waals surface area contributed by atoms with Crippen molar-refractivity contribution in [3.05, 3.63) is 81.8 Å². The fourth-order valence-corrected chi connectivity index (χ4v) is 3.30. The number of rotatable bonds is 9. The van der Waals surface area contributed by atoms with Crippen LogP contribution in [0.3, 0.4) is 0 Å². The Morgan fingerprint density at radius 1 is 0.943 bits per heavy atom. The highest BCUT2D eigenvalue weighted by molar-refractivity contribution is 6.40. The Kier molecular flexibility index (Phi) is 9.34. The van der Waals surface area contributed by atoms with Crippen molar-refractivity contribution in [1.29, 1.82) is 0 Å². The maximum Gasteiger partial charge on any atom is 0.329 e. The molecule has 0 heterocycles. The standard InChI is InChI=1S/C25H23Cl2N3O5/c1-3-34-23-12-16(8-10-22(23)35-15-17-6-4-5-7-19(17)27)14-28-30-25(32)24(31)29-20-13-18(26)9-11-21(20)33-2/h4-14H,3,15H2,1-2H3,(H,29,31)(H,30,32)/b28-14+. The highest BCUT2D eigenvalue weighted by Crippen LogP contribution is 2.30. The summed E-state index contributed by atoms with van der Waals surface area (Å²) in [7, 11) is 1.44. The number of nitrogens with one attached hydrogen (secondary N) is 2. The number of benzene rings is 3. The normalized spacial score (nSPS) is 10.6. The SMILES string of the molecule is CCOc1cc(/C=N/NC(=O)C(=O)Nc2cc(Cl)ccc2OC)ccc1OCc1ccccc1Cl. The number of amides is 2. The van der Waals surface area contributed by atoms with Gasteiger partial charge < -0.3 is 19.5 Å². The third-order valence-corrected chi connectivity index (χ3v) is 5.21. The Labute approximate surface area is 212 Å². The number of hydrazone groups is 1. The summed E-state index contributed by atoms with van der Waals surface area (Å²) >= 11 is 12.1. The summed E-state index contributed by atoms with van der Waals surface area (Å²) in [5.41, 5.74) is 3.91. The van der Waals surface area contributed by atoms with Gasteiger partial charge in [-0.1, -0.05) is 41.4 Å². The van der Waals surface area contributed by atoms with Crippen LogP contribution in [0, 0.1) is 0 Å². The van der Waals surface area contributed by atoms with E-state index in [2.05, 4.69) is 15.8 Å². The van der Waals surface area contributed by atoms with Crippen molar-refractivity contribution in [2.45, 2.75) is 13.5 Å². The minimum absolute atomic E-state index is 0.262. The maximum absolute atomic E-state index is 12.2. The van der Waals surface area contributed by atoms with Gasteiger partial charge in [-0.05, 0) is 55.0 Å². The molecule has 0 aliphatic heterocycles. The van der Waals surface area contributed by atoms with E-state index in [1.807, 2.05) is 25.1 Å². The average molecular weight is 516 g/mol. The van der Waals surface area contributed by atoms with Crippen LogP contribution in [-0.4, -0.2) is 31.7 Å². The Balaban J connectivity index is 1.62. The first kappa shape index (κ1) is 25.9. The Morgan fingerprint density at radius 2 is 1.71 bits per heavy atom. The first-order valence-corrected chi connectivity index (χ1v) is 11.3. The molecule has 8 nitrogen and oxygen atoms in total. The van der Waals surface area contributed by atoms with Crippen molar-refractivity contribution in [3.8, 4) is 17.2 Å². The molecule has 0 aliphatic rings. The van der Waals surface area contributed by atoms with E-state index >= 15 is 0 Å². The molecule has 0 aromatic heterocycles. The molecule has 182 valence electrons. The maximum atomic E-state index is 12.2. The molecule has 10 heteroatoms. The highest BCUT2D eigenvalue weighted by Gasteiger charge is 2.16. The van der Waals surface area contributed by atoms with Crippen molar-refractivity contribution in [3.63, 3.8) is 0 Å². The van der Waals surface area contributed by atoms with Crippen LogP contribution < -0.4 is 25.0 Å². The first-order chi connectivity index (χ1) is 16.9. The lowest BCUT2D eigenvalue weighted by molar-refractivity contribution is -0.136. The number of carbonyl (C=O) groups excluding carboxylic acids is 2. The Bertz CT molecular complexity index is 1230. The van der Waals surface area contributed by atoms with Crippen molar-refractivity contribution in [2.75, 3.05) is 19.0 Å². The minimum Gasteiger partial charge on any atom is -0.495 e. The van der Waals surface area contributed by atoms with Crippen molar-refractivity contribution in [2.24, 2.45) is 5.10 Å². The molecule has 3 aromatic carbocycles. The minimum atomic E-state index is -0.965. The first-order valence-electron chi connectivity index (χ1n) is 10.5. The summed E-state index contributed by atoms with van der Waals surface area (Å²) < 4.78 is 16.7. The summed E-state index contributed by atoms with van der Waals surface area (Å²) in [5.74, 6) is -0.503. The van der Waals surface area contributed by atoms with Gasteiger partial charge in [0.1, 0.15) is 12.4 Å². The van der Waals surface area contributed by atoms with Crippen LogP contribution in [0.4, 0.5) is 5.69 Å². The molecule has 0 aliphatic carbocycles. The van der Waals surface area contributed by atoms with E-state index in [4.69, 9.17) is 37.4 Å². The lowest BCUT2D eigenvalue weighted by Gasteiger charge is -2.13. The van der Waals surface area contributed by atoms with Crippen molar-refractivity contribution < 1.29 is 23.8 Å².